The van der Waals surface area contributed by atoms with Crippen molar-refractivity contribution in [2.24, 2.45) is 4.99 Å². The zero-order valence-electron chi connectivity index (χ0n) is 19.1. The van der Waals surface area contributed by atoms with Crippen LogP contribution in [0, 0.1) is 27.7 Å². The Bertz CT molecular complexity index is 1300. The van der Waals surface area contributed by atoms with Crippen molar-refractivity contribution in [1.82, 2.24) is 10.3 Å². The molecule has 2 aromatic carbocycles. The molecule has 33 heavy (non-hydrogen) atoms. The number of rotatable bonds is 4. The third-order valence-electron chi connectivity index (χ3n) is 5.35. The van der Waals surface area contributed by atoms with Crippen LogP contribution in [0.15, 0.2) is 51.7 Å². The Morgan fingerprint density at radius 3 is 2.45 bits per heavy atom. The molecule has 1 aliphatic rings. The first kappa shape index (κ1) is 22.9. The SMILES string of the molecule is CC(=O)N(c1ccc(C)c(C)c1)c1nc(C=C2SC(=Nc3c(C)cccc3C)NC2=O)cs1. The number of aromatic nitrogens is 1. The van der Waals surface area contributed by atoms with E-state index in [2.05, 4.69) is 15.3 Å². The van der Waals surface area contributed by atoms with Gasteiger partial charge in [0.25, 0.3) is 5.91 Å². The fourth-order valence-corrected chi connectivity index (χ4v) is 5.09. The summed E-state index contributed by atoms with van der Waals surface area (Å²) in [6, 6.07) is 11.9. The zero-order chi connectivity index (χ0) is 23.7. The second kappa shape index (κ2) is 9.33. The van der Waals surface area contributed by atoms with Crippen LogP contribution in [0.4, 0.5) is 16.5 Å². The number of carbonyl (C=O) groups is 2. The van der Waals surface area contributed by atoms with Crippen molar-refractivity contribution in [3.8, 4) is 0 Å². The van der Waals surface area contributed by atoms with Crippen LogP contribution in [0.25, 0.3) is 6.08 Å². The van der Waals surface area contributed by atoms with Gasteiger partial charge in [-0.25, -0.2) is 9.98 Å². The number of nitrogens with one attached hydrogen (secondary N) is 1. The quantitative estimate of drug-likeness (QED) is 0.472. The average Bonchev–Trinajstić information content (AvgIpc) is 3.34. The first-order chi connectivity index (χ1) is 15.7. The molecule has 1 aliphatic heterocycles. The minimum Gasteiger partial charge on any atom is -0.300 e. The lowest BCUT2D eigenvalue weighted by Gasteiger charge is -2.19. The van der Waals surface area contributed by atoms with Gasteiger partial charge in [-0.05, 0) is 79.9 Å². The van der Waals surface area contributed by atoms with Gasteiger partial charge in [-0.1, -0.05) is 24.3 Å². The number of hydrogen-bond acceptors (Lipinski definition) is 6. The van der Waals surface area contributed by atoms with Gasteiger partial charge < -0.3 is 5.32 Å². The van der Waals surface area contributed by atoms with Crippen molar-refractivity contribution in [3.63, 3.8) is 0 Å². The molecule has 0 spiro atoms. The van der Waals surface area contributed by atoms with Gasteiger partial charge in [0.15, 0.2) is 10.3 Å². The lowest BCUT2D eigenvalue weighted by atomic mass is 10.1. The normalized spacial score (nSPS) is 15.8. The Kier molecular flexibility index (Phi) is 6.49. The highest BCUT2D eigenvalue weighted by Crippen LogP contribution is 2.33. The van der Waals surface area contributed by atoms with E-state index in [9.17, 15) is 9.59 Å². The number of amidine groups is 1. The lowest BCUT2D eigenvalue weighted by molar-refractivity contribution is -0.116. The summed E-state index contributed by atoms with van der Waals surface area (Å²) in [7, 11) is 0. The number of thiazole rings is 1. The van der Waals surface area contributed by atoms with E-state index in [0.29, 0.717) is 20.9 Å². The topological polar surface area (TPSA) is 74.7 Å². The molecule has 0 saturated carbocycles. The maximum Gasteiger partial charge on any atom is 0.264 e. The second-order valence-corrected chi connectivity index (χ2v) is 9.77. The number of thioether (sulfide) groups is 1. The van der Waals surface area contributed by atoms with Crippen molar-refractivity contribution < 1.29 is 9.59 Å². The molecule has 4 rings (SSSR count). The third kappa shape index (κ3) is 4.91. The Morgan fingerprint density at radius 1 is 1.06 bits per heavy atom. The molecule has 0 unspecified atom stereocenters. The van der Waals surface area contributed by atoms with Crippen molar-refractivity contribution in [1.29, 1.82) is 0 Å². The number of carbonyl (C=O) groups excluding carboxylic acids is 2. The minimum absolute atomic E-state index is 0.122. The van der Waals surface area contributed by atoms with Crippen LogP contribution >= 0.6 is 23.1 Å². The first-order valence-corrected chi connectivity index (χ1v) is 12.1. The highest BCUT2D eigenvalue weighted by molar-refractivity contribution is 8.18. The molecule has 0 atom stereocenters. The van der Waals surface area contributed by atoms with Crippen molar-refractivity contribution >= 4 is 62.7 Å². The van der Waals surface area contributed by atoms with Gasteiger partial charge in [-0.3, -0.25) is 14.5 Å². The molecular formula is C25H24N4O2S2. The smallest absolute Gasteiger partial charge is 0.264 e. The van der Waals surface area contributed by atoms with E-state index in [1.54, 1.807) is 11.0 Å². The van der Waals surface area contributed by atoms with Gasteiger partial charge in [-0.2, -0.15) is 0 Å². The summed E-state index contributed by atoms with van der Waals surface area (Å²) in [4.78, 5) is 36.3. The molecule has 1 fully saturated rings. The summed E-state index contributed by atoms with van der Waals surface area (Å²) in [5.41, 5.74) is 6.63. The molecule has 8 heteroatoms. The van der Waals surface area contributed by atoms with Crippen molar-refractivity contribution in [3.05, 3.63) is 74.6 Å². The van der Waals surface area contributed by atoms with Gasteiger partial charge in [-0.15, -0.1) is 11.3 Å². The predicted octanol–water partition coefficient (Wildman–Crippen LogP) is 5.95. The molecule has 0 aliphatic carbocycles. The maximum absolute atomic E-state index is 12.5. The largest absolute Gasteiger partial charge is 0.300 e. The summed E-state index contributed by atoms with van der Waals surface area (Å²) in [6.07, 6.45) is 1.73. The maximum atomic E-state index is 12.5. The molecule has 1 aromatic heterocycles. The third-order valence-corrected chi connectivity index (χ3v) is 7.10. The lowest BCUT2D eigenvalue weighted by Crippen LogP contribution is -2.22. The monoisotopic (exact) mass is 476 g/mol. The highest BCUT2D eigenvalue weighted by Gasteiger charge is 2.25. The number of para-hydroxylation sites is 1. The summed E-state index contributed by atoms with van der Waals surface area (Å²) in [6.45, 7) is 9.57. The number of anilines is 2. The van der Waals surface area contributed by atoms with E-state index in [4.69, 9.17) is 0 Å². The van der Waals surface area contributed by atoms with Gasteiger partial charge >= 0.3 is 0 Å². The molecular weight excluding hydrogens is 452 g/mol. The van der Waals surface area contributed by atoms with E-state index in [1.165, 1.54) is 30.0 Å². The van der Waals surface area contributed by atoms with Crippen LogP contribution in [-0.4, -0.2) is 22.0 Å². The van der Waals surface area contributed by atoms with Gasteiger partial charge in [0.1, 0.15) is 0 Å². The molecule has 1 N–H and O–H groups in total. The average molecular weight is 477 g/mol. The number of aryl methyl sites for hydroxylation is 4. The number of benzene rings is 2. The standard InChI is InChI=1S/C25H24N4O2S2/c1-14-9-10-20(11-17(14)4)29(18(5)30)25-26-19(13-32-25)12-21-23(31)28-24(33-21)27-22-15(2)7-6-8-16(22)3/h6-13H,1-5H3,(H,27,28,31). The molecule has 2 heterocycles. The van der Waals surface area contributed by atoms with Crippen LogP contribution in [0.2, 0.25) is 0 Å². The fourth-order valence-electron chi connectivity index (χ4n) is 3.44. The molecule has 3 aromatic rings. The molecule has 6 nitrogen and oxygen atoms in total. The van der Waals surface area contributed by atoms with Crippen molar-refractivity contribution in [2.45, 2.75) is 34.6 Å². The van der Waals surface area contributed by atoms with Crippen molar-refractivity contribution in [2.75, 3.05) is 4.90 Å². The van der Waals surface area contributed by atoms with Crippen LogP contribution in [0.1, 0.15) is 34.9 Å². The summed E-state index contributed by atoms with van der Waals surface area (Å²) in [5, 5.41) is 5.77. The Hall–Kier alpha value is -3.23. The van der Waals surface area contributed by atoms with Crippen LogP contribution in [0.3, 0.4) is 0 Å². The summed E-state index contributed by atoms with van der Waals surface area (Å²) in [5.74, 6) is -0.333. The predicted molar refractivity (Wildman–Crippen MR) is 138 cm³/mol. The van der Waals surface area contributed by atoms with Gasteiger partial charge in [0.05, 0.1) is 22.0 Å². The number of nitrogens with zero attached hydrogens (tertiary/aromatic N) is 3. The van der Waals surface area contributed by atoms with E-state index < -0.39 is 0 Å². The Balaban J connectivity index is 1.60. The first-order valence-electron chi connectivity index (χ1n) is 10.4. The van der Waals surface area contributed by atoms with E-state index in [1.807, 2.05) is 69.5 Å². The number of hydrogen-bond donors (Lipinski definition) is 1. The molecule has 1 saturated heterocycles. The van der Waals surface area contributed by atoms with Gasteiger partial charge in [0.2, 0.25) is 5.91 Å². The minimum atomic E-state index is -0.211. The van der Waals surface area contributed by atoms with E-state index >= 15 is 0 Å². The molecule has 0 bridgehead atoms. The van der Waals surface area contributed by atoms with E-state index in [0.717, 1.165) is 33.6 Å². The molecule has 168 valence electrons. The van der Waals surface area contributed by atoms with Crippen LogP contribution < -0.4 is 10.2 Å². The second-order valence-electron chi connectivity index (χ2n) is 7.90. The van der Waals surface area contributed by atoms with Crippen LogP contribution in [0.5, 0.6) is 0 Å². The van der Waals surface area contributed by atoms with Crippen LogP contribution in [-0.2, 0) is 9.59 Å². The Morgan fingerprint density at radius 2 is 1.79 bits per heavy atom. The summed E-state index contributed by atoms with van der Waals surface area (Å²) < 4.78 is 0. The van der Waals surface area contributed by atoms with E-state index in [-0.39, 0.29) is 11.8 Å². The Labute approximate surface area is 201 Å². The van der Waals surface area contributed by atoms with Gasteiger partial charge in [0, 0.05) is 12.3 Å². The number of amides is 2. The number of aliphatic imine (C=N–C) groups is 1. The molecule has 2 amide bonds. The highest BCUT2D eigenvalue weighted by atomic mass is 32.2. The molecule has 0 radical (unpaired) electrons. The fraction of sp³-hybridized carbons (Fsp3) is 0.200. The summed E-state index contributed by atoms with van der Waals surface area (Å²) >= 11 is 2.65. The zero-order valence-corrected chi connectivity index (χ0v) is 20.7.